The predicted octanol–water partition coefficient (Wildman–Crippen LogP) is 4.14. The molecule has 0 saturated heterocycles. The van der Waals surface area contributed by atoms with Gasteiger partial charge in [-0.25, -0.2) is 9.59 Å². The maximum atomic E-state index is 12.4. The van der Waals surface area contributed by atoms with Crippen LogP contribution in [0.4, 0.5) is 5.00 Å². The number of esters is 2. The minimum Gasteiger partial charge on any atom is -0.464 e. The molecule has 0 aliphatic heterocycles. The fourth-order valence-electron chi connectivity index (χ4n) is 2.37. The number of pyridine rings is 1. The monoisotopic (exact) mass is 478 g/mol. The smallest absolute Gasteiger partial charge is 0.341 e. The fraction of sp³-hybridized carbons (Fsp3) is 0.158. The van der Waals surface area contributed by atoms with Crippen LogP contribution >= 0.6 is 27.3 Å². The summed E-state index contributed by atoms with van der Waals surface area (Å²) in [5, 5.41) is 4.54. The summed E-state index contributed by atoms with van der Waals surface area (Å²) in [5.74, 6) is -1.41. The number of halogens is 1. The van der Waals surface area contributed by atoms with Gasteiger partial charge in [-0.1, -0.05) is 0 Å². The fourth-order valence-corrected chi connectivity index (χ4v) is 3.69. The zero-order chi connectivity index (χ0) is 20.8. The molecule has 0 saturated carbocycles. The summed E-state index contributed by atoms with van der Waals surface area (Å²) >= 11 is 4.35. The number of nitrogens with one attached hydrogen (secondary N) is 1. The Morgan fingerprint density at radius 3 is 2.76 bits per heavy atom. The van der Waals surface area contributed by atoms with Crippen LogP contribution in [0.15, 0.2) is 51.1 Å². The average Bonchev–Trinajstić information content (AvgIpc) is 3.36. The van der Waals surface area contributed by atoms with E-state index in [1.165, 1.54) is 24.7 Å². The number of anilines is 1. The van der Waals surface area contributed by atoms with Gasteiger partial charge in [-0.05, 0) is 41.1 Å². The minimum atomic E-state index is -0.693. The largest absolute Gasteiger partial charge is 0.464 e. The summed E-state index contributed by atoms with van der Waals surface area (Å²) in [4.78, 5) is 40.6. The van der Waals surface area contributed by atoms with E-state index >= 15 is 0 Å². The van der Waals surface area contributed by atoms with E-state index in [1.807, 2.05) is 0 Å². The first-order valence-corrected chi connectivity index (χ1v) is 10.1. The van der Waals surface area contributed by atoms with Crippen LogP contribution in [0, 0.1) is 0 Å². The molecule has 3 aromatic rings. The van der Waals surface area contributed by atoms with Gasteiger partial charge >= 0.3 is 11.9 Å². The van der Waals surface area contributed by atoms with Gasteiger partial charge in [0.15, 0.2) is 6.61 Å². The first-order valence-electron chi connectivity index (χ1n) is 8.39. The Labute approximate surface area is 178 Å². The third-order valence-electron chi connectivity index (χ3n) is 3.59. The molecule has 0 aromatic carbocycles. The lowest BCUT2D eigenvalue weighted by molar-refractivity contribution is -0.119. The molecule has 3 aromatic heterocycles. The van der Waals surface area contributed by atoms with Crippen molar-refractivity contribution in [2.24, 2.45) is 0 Å². The van der Waals surface area contributed by atoms with E-state index in [0.29, 0.717) is 15.8 Å². The average molecular weight is 479 g/mol. The number of hydrogen-bond donors (Lipinski definition) is 1. The molecule has 150 valence electrons. The molecule has 0 atom stereocenters. The highest BCUT2D eigenvalue weighted by Crippen LogP contribution is 2.36. The second kappa shape index (κ2) is 9.48. The number of carbonyl (C=O) groups excluding carboxylic acids is 3. The minimum absolute atomic E-state index is 0.179. The van der Waals surface area contributed by atoms with Crippen LogP contribution in [-0.4, -0.2) is 36.0 Å². The van der Waals surface area contributed by atoms with Gasteiger partial charge in [0.1, 0.15) is 16.3 Å². The standard InChI is InChI=1S/C19H15BrN2O6S/c1-2-26-19(25)16-13(14-4-3-5-27-14)10-29-17(16)22-15(23)9-28-18(24)11-6-12(20)8-21-7-11/h3-8,10H,2,9H2,1H3,(H,22,23). The van der Waals surface area contributed by atoms with Gasteiger partial charge in [0.2, 0.25) is 0 Å². The molecule has 0 unspecified atom stereocenters. The molecule has 1 N–H and O–H groups in total. The first-order chi connectivity index (χ1) is 14.0. The van der Waals surface area contributed by atoms with Crippen molar-refractivity contribution in [1.29, 1.82) is 0 Å². The molecule has 0 bridgehead atoms. The molecule has 10 heteroatoms. The number of rotatable bonds is 7. The van der Waals surface area contributed by atoms with E-state index in [9.17, 15) is 14.4 Å². The molecule has 0 fully saturated rings. The Morgan fingerprint density at radius 2 is 2.07 bits per heavy atom. The Balaban J connectivity index is 1.71. The van der Waals surface area contributed by atoms with Crippen molar-refractivity contribution < 1.29 is 28.3 Å². The second-order valence-electron chi connectivity index (χ2n) is 5.57. The number of hydrogen-bond acceptors (Lipinski definition) is 8. The third-order valence-corrected chi connectivity index (χ3v) is 4.91. The third kappa shape index (κ3) is 5.09. The maximum Gasteiger partial charge on any atom is 0.341 e. The van der Waals surface area contributed by atoms with E-state index in [-0.39, 0.29) is 22.7 Å². The van der Waals surface area contributed by atoms with E-state index < -0.39 is 24.5 Å². The molecule has 29 heavy (non-hydrogen) atoms. The van der Waals surface area contributed by atoms with Gasteiger partial charge in [0.05, 0.1) is 18.4 Å². The highest BCUT2D eigenvalue weighted by Gasteiger charge is 2.24. The predicted molar refractivity (Wildman–Crippen MR) is 109 cm³/mol. The molecule has 1 amide bonds. The number of thiophene rings is 1. The van der Waals surface area contributed by atoms with Crippen molar-refractivity contribution in [3.05, 3.63) is 57.8 Å². The van der Waals surface area contributed by atoms with Gasteiger partial charge in [-0.15, -0.1) is 11.3 Å². The quantitative estimate of drug-likeness (QED) is 0.508. The van der Waals surface area contributed by atoms with Crippen LogP contribution in [0.25, 0.3) is 11.3 Å². The number of furan rings is 1. The van der Waals surface area contributed by atoms with Crippen molar-refractivity contribution in [2.45, 2.75) is 6.92 Å². The molecule has 0 aliphatic rings. The van der Waals surface area contributed by atoms with Crippen LogP contribution in [0.5, 0.6) is 0 Å². The van der Waals surface area contributed by atoms with E-state index in [1.54, 1.807) is 24.4 Å². The Morgan fingerprint density at radius 1 is 1.24 bits per heavy atom. The molecule has 3 heterocycles. The van der Waals surface area contributed by atoms with Gasteiger partial charge in [-0.2, -0.15) is 0 Å². The van der Waals surface area contributed by atoms with Gasteiger partial charge in [-0.3, -0.25) is 9.78 Å². The molecular formula is C19H15BrN2O6S. The van der Waals surface area contributed by atoms with E-state index in [4.69, 9.17) is 13.9 Å². The molecule has 0 radical (unpaired) electrons. The van der Waals surface area contributed by atoms with Gasteiger partial charge in [0, 0.05) is 27.8 Å². The molecular weight excluding hydrogens is 464 g/mol. The first kappa shape index (κ1) is 20.7. The van der Waals surface area contributed by atoms with Crippen molar-refractivity contribution >= 4 is 50.1 Å². The van der Waals surface area contributed by atoms with E-state index in [0.717, 1.165) is 11.3 Å². The lowest BCUT2D eigenvalue weighted by Gasteiger charge is -2.08. The maximum absolute atomic E-state index is 12.4. The summed E-state index contributed by atoms with van der Waals surface area (Å²) in [6, 6.07) is 4.92. The highest BCUT2D eigenvalue weighted by atomic mass is 79.9. The zero-order valence-corrected chi connectivity index (χ0v) is 17.5. The summed E-state index contributed by atoms with van der Waals surface area (Å²) in [6.45, 7) is 1.34. The molecule has 0 spiro atoms. The molecule has 0 aliphatic carbocycles. The van der Waals surface area contributed by atoms with Gasteiger partial charge < -0.3 is 19.2 Å². The summed E-state index contributed by atoms with van der Waals surface area (Å²) in [5.41, 5.74) is 0.893. The van der Waals surface area contributed by atoms with Crippen molar-refractivity contribution in [3.63, 3.8) is 0 Å². The lowest BCUT2D eigenvalue weighted by atomic mass is 10.1. The van der Waals surface area contributed by atoms with Crippen LogP contribution < -0.4 is 5.32 Å². The SMILES string of the molecule is CCOC(=O)c1c(-c2ccco2)csc1NC(=O)COC(=O)c1cncc(Br)c1. The number of aromatic nitrogens is 1. The summed E-state index contributed by atoms with van der Waals surface area (Å²) in [6.07, 6.45) is 4.34. The van der Waals surface area contributed by atoms with Crippen LogP contribution in [0.2, 0.25) is 0 Å². The number of nitrogens with zero attached hydrogens (tertiary/aromatic N) is 1. The second-order valence-corrected chi connectivity index (χ2v) is 7.36. The highest BCUT2D eigenvalue weighted by molar-refractivity contribution is 9.10. The van der Waals surface area contributed by atoms with E-state index in [2.05, 4.69) is 26.2 Å². The number of amides is 1. The Bertz CT molecular complexity index is 1030. The molecule has 3 rings (SSSR count). The summed E-state index contributed by atoms with van der Waals surface area (Å²) in [7, 11) is 0. The number of carbonyl (C=O) groups is 3. The topological polar surface area (TPSA) is 108 Å². The van der Waals surface area contributed by atoms with Gasteiger partial charge in [0.25, 0.3) is 5.91 Å². The van der Waals surface area contributed by atoms with Crippen molar-refractivity contribution in [3.8, 4) is 11.3 Å². The zero-order valence-electron chi connectivity index (χ0n) is 15.1. The van der Waals surface area contributed by atoms with Crippen molar-refractivity contribution in [1.82, 2.24) is 4.98 Å². The Hall–Kier alpha value is -2.98. The summed E-state index contributed by atoms with van der Waals surface area (Å²) < 4.78 is 16.1. The van der Waals surface area contributed by atoms with Crippen LogP contribution in [0.1, 0.15) is 27.6 Å². The number of ether oxygens (including phenoxy) is 2. The Kier molecular flexibility index (Phi) is 6.78. The normalized spacial score (nSPS) is 10.4. The molecule has 8 nitrogen and oxygen atoms in total. The lowest BCUT2D eigenvalue weighted by Crippen LogP contribution is -2.21. The van der Waals surface area contributed by atoms with Crippen LogP contribution in [-0.2, 0) is 14.3 Å². The van der Waals surface area contributed by atoms with Crippen molar-refractivity contribution in [2.75, 3.05) is 18.5 Å². The van der Waals surface area contributed by atoms with Crippen LogP contribution in [0.3, 0.4) is 0 Å².